The van der Waals surface area contributed by atoms with E-state index in [0.29, 0.717) is 24.4 Å². The van der Waals surface area contributed by atoms with Crippen LogP contribution in [0.4, 0.5) is 23.3 Å². The minimum Gasteiger partial charge on any atom is -0.467 e. The van der Waals surface area contributed by atoms with Crippen LogP contribution < -0.4 is 21.6 Å². The van der Waals surface area contributed by atoms with Crippen LogP contribution in [0.15, 0.2) is 45.8 Å². The van der Waals surface area contributed by atoms with Gasteiger partial charge in [-0.15, -0.1) is 0 Å². The van der Waals surface area contributed by atoms with Gasteiger partial charge in [0.05, 0.1) is 19.2 Å². The van der Waals surface area contributed by atoms with Crippen molar-refractivity contribution in [2.24, 2.45) is 0 Å². The van der Waals surface area contributed by atoms with Crippen molar-refractivity contribution in [2.75, 3.05) is 16.0 Å². The minimum absolute atomic E-state index is 0.0352. The quantitative estimate of drug-likeness (QED) is 0.557. The number of carbonyl (C=O) groups excluding carboxylic acids is 1. The summed E-state index contributed by atoms with van der Waals surface area (Å²) in [7, 11) is 0. The fraction of sp³-hybridized carbons (Fsp3) is 0.125. The van der Waals surface area contributed by atoms with Crippen molar-refractivity contribution in [1.82, 2.24) is 15.0 Å². The zero-order chi connectivity index (χ0) is 17.2. The van der Waals surface area contributed by atoms with Gasteiger partial charge in [0.2, 0.25) is 17.8 Å². The summed E-state index contributed by atoms with van der Waals surface area (Å²) in [4.78, 5) is 33.7. The second kappa shape index (κ2) is 6.11. The van der Waals surface area contributed by atoms with Crippen LogP contribution in [0.25, 0.3) is 0 Å². The molecule has 0 aliphatic carbocycles. The molecule has 0 unspecified atom stereocenters. The Labute approximate surface area is 141 Å². The number of carbonyl (C=O) groups is 1. The maximum Gasteiger partial charge on any atom is 0.351 e. The van der Waals surface area contributed by atoms with Crippen molar-refractivity contribution >= 4 is 29.2 Å². The van der Waals surface area contributed by atoms with Gasteiger partial charge in [-0.25, -0.2) is 4.79 Å². The van der Waals surface area contributed by atoms with Crippen LogP contribution in [0, 0.1) is 0 Å². The lowest BCUT2D eigenvalue weighted by atomic mass is 10.1. The number of aromatic amines is 1. The van der Waals surface area contributed by atoms with Crippen LogP contribution in [0.1, 0.15) is 11.3 Å². The number of furan rings is 1. The molecule has 126 valence electrons. The highest BCUT2D eigenvalue weighted by Gasteiger charge is 2.17. The highest BCUT2D eigenvalue weighted by atomic mass is 16.3. The Morgan fingerprint density at radius 3 is 2.96 bits per heavy atom. The lowest BCUT2D eigenvalue weighted by Crippen LogP contribution is -2.17. The largest absolute Gasteiger partial charge is 0.467 e. The van der Waals surface area contributed by atoms with Crippen LogP contribution in [-0.4, -0.2) is 20.9 Å². The third-order valence-corrected chi connectivity index (χ3v) is 3.64. The van der Waals surface area contributed by atoms with Crippen LogP contribution in [0.5, 0.6) is 0 Å². The predicted octanol–water partition coefficient (Wildman–Crippen LogP) is 1.61. The fourth-order valence-electron chi connectivity index (χ4n) is 2.55. The molecular weight excluding hydrogens is 324 g/mol. The molecule has 9 nitrogen and oxygen atoms in total. The summed E-state index contributed by atoms with van der Waals surface area (Å²) in [5.41, 5.74) is 1.87. The van der Waals surface area contributed by atoms with Crippen LogP contribution in [0.3, 0.4) is 0 Å². The number of H-pyrrole nitrogens is 1. The first-order chi connectivity index (χ1) is 12.2. The van der Waals surface area contributed by atoms with Crippen LogP contribution in [0.2, 0.25) is 0 Å². The van der Waals surface area contributed by atoms with Crippen molar-refractivity contribution in [3.05, 3.63) is 58.4 Å². The fourth-order valence-corrected chi connectivity index (χ4v) is 2.55. The molecule has 0 atom stereocenters. The van der Waals surface area contributed by atoms with Crippen molar-refractivity contribution in [3.8, 4) is 0 Å². The molecule has 3 aromatic rings. The molecule has 0 radical (unpaired) electrons. The van der Waals surface area contributed by atoms with Gasteiger partial charge in [0.1, 0.15) is 5.76 Å². The summed E-state index contributed by atoms with van der Waals surface area (Å²) in [5, 5.41) is 8.71. The number of anilines is 4. The molecule has 0 saturated carbocycles. The van der Waals surface area contributed by atoms with Crippen molar-refractivity contribution in [2.45, 2.75) is 13.0 Å². The SMILES string of the molecule is O=C1Cc2cc(Nc3nc(NCc4ccco4)nc(=O)[nH]3)ccc2N1. The van der Waals surface area contributed by atoms with Gasteiger partial charge in [0.25, 0.3) is 0 Å². The third-order valence-electron chi connectivity index (χ3n) is 3.64. The minimum atomic E-state index is -0.530. The maximum atomic E-state index is 11.7. The molecule has 0 fully saturated rings. The lowest BCUT2D eigenvalue weighted by Gasteiger charge is -2.08. The second-order valence-electron chi connectivity index (χ2n) is 5.48. The van der Waals surface area contributed by atoms with Gasteiger partial charge < -0.3 is 20.4 Å². The summed E-state index contributed by atoms with van der Waals surface area (Å²) in [5.74, 6) is 1.10. The molecule has 3 heterocycles. The maximum absolute atomic E-state index is 11.7. The Balaban J connectivity index is 1.51. The van der Waals surface area contributed by atoms with Crippen LogP contribution >= 0.6 is 0 Å². The zero-order valence-corrected chi connectivity index (χ0v) is 13.0. The first kappa shape index (κ1) is 14.9. The zero-order valence-electron chi connectivity index (χ0n) is 13.0. The molecule has 0 spiro atoms. The molecule has 4 rings (SSSR count). The first-order valence-electron chi connectivity index (χ1n) is 7.60. The van der Waals surface area contributed by atoms with Gasteiger partial charge >= 0.3 is 5.69 Å². The Bertz CT molecular complexity index is 980. The summed E-state index contributed by atoms with van der Waals surface area (Å²) in [6.07, 6.45) is 1.90. The van der Waals surface area contributed by atoms with E-state index in [-0.39, 0.29) is 17.8 Å². The molecule has 1 aliphatic heterocycles. The summed E-state index contributed by atoms with van der Waals surface area (Å²) < 4.78 is 5.21. The summed E-state index contributed by atoms with van der Waals surface area (Å²) >= 11 is 0. The normalized spacial score (nSPS) is 12.6. The molecule has 4 N–H and O–H groups in total. The number of amides is 1. The van der Waals surface area contributed by atoms with E-state index in [1.54, 1.807) is 30.5 Å². The molecule has 9 heteroatoms. The molecule has 25 heavy (non-hydrogen) atoms. The molecule has 1 amide bonds. The Kier molecular flexibility index (Phi) is 3.65. The Morgan fingerprint density at radius 2 is 2.12 bits per heavy atom. The number of nitrogens with zero attached hydrogens (tertiary/aromatic N) is 2. The van der Waals surface area contributed by atoms with E-state index in [0.717, 1.165) is 11.3 Å². The number of nitrogens with one attached hydrogen (secondary N) is 4. The molecule has 2 aromatic heterocycles. The van der Waals surface area contributed by atoms with E-state index in [2.05, 4.69) is 30.9 Å². The highest BCUT2D eigenvalue weighted by molar-refractivity contribution is 5.99. The van der Waals surface area contributed by atoms with Crippen molar-refractivity contribution in [1.29, 1.82) is 0 Å². The highest BCUT2D eigenvalue weighted by Crippen LogP contribution is 2.26. The topological polar surface area (TPSA) is 125 Å². The number of hydrogen-bond donors (Lipinski definition) is 4. The molecular formula is C16H14N6O3. The van der Waals surface area contributed by atoms with E-state index >= 15 is 0 Å². The van der Waals surface area contributed by atoms with E-state index in [9.17, 15) is 9.59 Å². The lowest BCUT2D eigenvalue weighted by molar-refractivity contribution is -0.115. The van der Waals surface area contributed by atoms with Gasteiger partial charge in [0, 0.05) is 11.4 Å². The number of rotatable bonds is 5. The molecule has 1 aliphatic rings. The van der Waals surface area contributed by atoms with Gasteiger partial charge in [-0.05, 0) is 35.9 Å². The third kappa shape index (κ3) is 3.34. The Morgan fingerprint density at radius 1 is 1.20 bits per heavy atom. The average molecular weight is 338 g/mol. The predicted molar refractivity (Wildman–Crippen MR) is 90.7 cm³/mol. The molecule has 1 aromatic carbocycles. The number of hydrogen-bond acceptors (Lipinski definition) is 7. The molecule has 0 bridgehead atoms. The number of aromatic nitrogens is 3. The Hall–Kier alpha value is -3.62. The van der Waals surface area contributed by atoms with Crippen LogP contribution in [-0.2, 0) is 17.8 Å². The first-order valence-corrected chi connectivity index (χ1v) is 7.60. The van der Waals surface area contributed by atoms with Gasteiger partial charge in [-0.2, -0.15) is 9.97 Å². The van der Waals surface area contributed by atoms with E-state index in [1.165, 1.54) is 0 Å². The van der Waals surface area contributed by atoms with E-state index < -0.39 is 5.69 Å². The van der Waals surface area contributed by atoms with E-state index in [1.807, 2.05) is 6.07 Å². The summed E-state index contributed by atoms with van der Waals surface area (Å²) in [6.45, 7) is 0.364. The second-order valence-corrected chi connectivity index (χ2v) is 5.48. The van der Waals surface area contributed by atoms with Gasteiger partial charge in [-0.1, -0.05) is 0 Å². The van der Waals surface area contributed by atoms with Gasteiger partial charge in [-0.3, -0.25) is 9.78 Å². The average Bonchev–Trinajstić information content (AvgIpc) is 3.20. The van der Waals surface area contributed by atoms with Crippen molar-refractivity contribution in [3.63, 3.8) is 0 Å². The standard InChI is InChI=1S/C16H14N6O3/c23-13-7-9-6-10(3-4-12(9)19-13)18-15-20-14(21-16(24)22-15)17-8-11-2-1-5-25-11/h1-6H,7-8H2,(H,19,23)(H3,17,18,20,21,22,24). The number of fused-ring (bicyclic) bond motifs is 1. The smallest absolute Gasteiger partial charge is 0.351 e. The van der Waals surface area contributed by atoms with E-state index in [4.69, 9.17) is 4.42 Å². The monoisotopic (exact) mass is 338 g/mol. The number of benzene rings is 1. The summed E-state index contributed by atoms with van der Waals surface area (Å²) in [6, 6.07) is 9.01. The molecule has 0 saturated heterocycles. The van der Waals surface area contributed by atoms with Crippen molar-refractivity contribution < 1.29 is 9.21 Å². The van der Waals surface area contributed by atoms with Gasteiger partial charge in [0.15, 0.2) is 0 Å².